The van der Waals surface area contributed by atoms with Gasteiger partial charge in [0.25, 0.3) is 0 Å². The van der Waals surface area contributed by atoms with E-state index in [1.54, 1.807) is 12.3 Å². The summed E-state index contributed by atoms with van der Waals surface area (Å²) in [5.41, 5.74) is 2.95. The summed E-state index contributed by atoms with van der Waals surface area (Å²) in [7, 11) is -3.85. The minimum absolute atomic E-state index is 0.0337. The zero-order chi connectivity index (χ0) is 18.2. The molecule has 2 aromatic carbocycles. The van der Waals surface area contributed by atoms with Crippen LogP contribution in [0.15, 0.2) is 59.8 Å². The predicted octanol–water partition coefficient (Wildman–Crippen LogP) is 4.41. The van der Waals surface area contributed by atoms with Gasteiger partial charge in [-0.15, -0.1) is 0 Å². The van der Waals surface area contributed by atoms with Crippen LogP contribution in [0.1, 0.15) is 5.56 Å². The summed E-state index contributed by atoms with van der Waals surface area (Å²) in [4.78, 5) is 3.34. The molecular weight excluding hydrogens is 344 g/mol. The Morgan fingerprint density at radius 2 is 1.56 bits per heavy atom. The number of pyridine rings is 1. The molecule has 0 unspecified atom stereocenters. The molecule has 3 aromatic rings. The first-order chi connectivity index (χ1) is 11.8. The lowest BCUT2D eigenvalue weighted by Gasteiger charge is -2.12. The van der Waals surface area contributed by atoms with E-state index >= 15 is 0 Å². The monoisotopic (exact) mass is 359 g/mol. The second kappa shape index (κ2) is 6.37. The molecule has 3 nitrogen and oxygen atoms in total. The number of benzene rings is 2. The Hall–Kier alpha value is -2.60. The van der Waals surface area contributed by atoms with Crippen LogP contribution >= 0.6 is 0 Å². The third-order valence-electron chi connectivity index (χ3n) is 3.89. The fourth-order valence-electron chi connectivity index (χ4n) is 2.61. The van der Waals surface area contributed by atoms with Crippen molar-refractivity contribution in [1.29, 1.82) is 0 Å². The Bertz CT molecular complexity index is 1050. The molecule has 128 valence electrons. The van der Waals surface area contributed by atoms with E-state index in [4.69, 9.17) is 0 Å². The molecule has 0 amide bonds. The first-order valence-corrected chi connectivity index (χ1v) is 9.37. The number of nitrogens with zero attached hydrogens (tertiary/aromatic N) is 1. The third-order valence-corrected chi connectivity index (χ3v) is 5.01. The van der Waals surface area contributed by atoms with Crippen LogP contribution in [0.4, 0.5) is 8.78 Å². The number of hydrogen-bond donors (Lipinski definition) is 0. The zero-order valence-electron chi connectivity index (χ0n) is 13.6. The number of sulfone groups is 1. The summed E-state index contributed by atoms with van der Waals surface area (Å²) >= 11 is 0. The highest BCUT2D eigenvalue weighted by atomic mass is 32.2. The van der Waals surface area contributed by atoms with Gasteiger partial charge in [0.05, 0.1) is 0 Å². The van der Waals surface area contributed by atoms with Crippen LogP contribution in [0.25, 0.3) is 22.3 Å². The van der Waals surface area contributed by atoms with Gasteiger partial charge in [-0.25, -0.2) is 17.2 Å². The number of aryl methyl sites for hydroxylation is 1. The molecule has 0 bridgehead atoms. The minimum atomic E-state index is -3.85. The zero-order valence-corrected chi connectivity index (χ0v) is 14.4. The Labute approximate surface area is 144 Å². The third kappa shape index (κ3) is 3.44. The molecule has 0 aliphatic rings. The van der Waals surface area contributed by atoms with Crippen LogP contribution in [0, 0.1) is 18.6 Å². The van der Waals surface area contributed by atoms with E-state index in [1.165, 1.54) is 6.20 Å². The van der Waals surface area contributed by atoms with Gasteiger partial charge in [0.1, 0.15) is 16.5 Å². The summed E-state index contributed by atoms with van der Waals surface area (Å²) in [5.74, 6) is -1.80. The predicted molar refractivity (Wildman–Crippen MR) is 92.9 cm³/mol. The summed E-state index contributed by atoms with van der Waals surface area (Å²) in [5, 5.41) is 0. The molecule has 25 heavy (non-hydrogen) atoms. The average Bonchev–Trinajstić information content (AvgIpc) is 2.56. The lowest BCUT2D eigenvalue weighted by Crippen LogP contribution is -2.03. The van der Waals surface area contributed by atoms with Crippen LogP contribution in [0.3, 0.4) is 0 Å². The first kappa shape index (κ1) is 17.2. The Morgan fingerprint density at radius 3 is 2.20 bits per heavy atom. The Morgan fingerprint density at radius 1 is 0.880 bits per heavy atom. The van der Waals surface area contributed by atoms with Gasteiger partial charge < -0.3 is 0 Å². The van der Waals surface area contributed by atoms with Gasteiger partial charge >= 0.3 is 0 Å². The lowest BCUT2D eigenvalue weighted by atomic mass is 9.95. The molecular formula is C19H15F2NO2S. The maximum atomic E-state index is 14.5. The van der Waals surface area contributed by atoms with E-state index in [2.05, 4.69) is 4.98 Å². The largest absolute Gasteiger partial charge is 0.264 e. The topological polar surface area (TPSA) is 47.0 Å². The Kier molecular flexibility index (Phi) is 4.39. The van der Waals surface area contributed by atoms with Crippen LogP contribution in [-0.2, 0) is 9.84 Å². The van der Waals surface area contributed by atoms with Crippen molar-refractivity contribution in [2.45, 2.75) is 11.8 Å². The number of rotatable bonds is 3. The maximum absolute atomic E-state index is 14.5. The molecule has 0 N–H and O–H groups in total. The van der Waals surface area contributed by atoms with Crippen molar-refractivity contribution in [1.82, 2.24) is 4.98 Å². The van der Waals surface area contributed by atoms with E-state index < -0.39 is 26.4 Å². The summed E-state index contributed by atoms with van der Waals surface area (Å²) < 4.78 is 51.9. The van der Waals surface area contributed by atoms with Crippen molar-refractivity contribution in [3.05, 3.63) is 72.1 Å². The summed E-state index contributed by atoms with van der Waals surface area (Å²) in [6, 6.07) is 10.9. The second-order valence-corrected chi connectivity index (χ2v) is 7.81. The van der Waals surface area contributed by atoms with E-state index in [-0.39, 0.29) is 5.56 Å². The van der Waals surface area contributed by atoms with Gasteiger partial charge in [-0.05, 0) is 36.2 Å². The SMILES string of the molecule is Cc1ccc(-c2ccncc2-c2cc(F)c(S(C)(=O)=O)cc2F)cc1. The van der Waals surface area contributed by atoms with Gasteiger partial charge in [-0.2, -0.15) is 0 Å². The van der Waals surface area contributed by atoms with E-state index in [1.807, 2.05) is 31.2 Å². The molecule has 0 aliphatic carbocycles. The van der Waals surface area contributed by atoms with Crippen molar-refractivity contribution in [3.8, 4) is 22.3 Å². The molecule has 0 saturated carbocycles. The average molecular weight is 359 g/mol. The van der Waals surface area contributed by atoms with E-state index in [0.29, 0.717) is 17.2 Å². The molecule has 0 radical (unpaired) electrons. The molecule has 1 aromatic heterocycles. The minimum Gasteiger partial charge on any atom is -0.264 e. The van der Waals surface area contributed by atoms with Gasteiger partial charge in [-0.1, -0.05) is 29.8 Å². The van der Waals surface area contributed by atoms with E-state index in [0.717, 1.165) is 23.4 Å². The Balaban J connectivity index is 2.22. The molecule has 6 heteroatoms. The molecule has 3 rings (SSSR count). The smallest absolute Gasteiger partial charge is 0.178 e. The molecule has 0 aliphatic heterocycles. The van der Waals surface area contributed by atoms with Crippen LogP contribution in [0.2, 0.25) is 0 Å². The molecule has 1 heterocycles. The fraction of sp³-hybridized carbons (Fsp3) is 0.105. The molecule has 0 saturated heterocycles. The van der Waals surface area contributed by atoms with Crippen molar-refractivity contribution in [2.75, 3.05) is 6.26 Å². The molecule has 0 fully saturated rings. The summed E-state index contributed by atoms with van der Waals surface area (Å²) in [6.07, 6.45) is 3.84. The highest BCUT2D eigenvalue weighted by Gasteiger charge is 2.20. The van der Waals surface area contributed by atoms with Gasteiger partial charge in [0.15, 0.2) is 9.84 Å². The van der Waals surface area contributed by atoms with Gasteiger partial charge in [0, 0.05) is 29.8 Å². The normalized spacial score (nSPS) is 11.5. The maximum Gasteiger partial charge on any atom is 0.178 e. The van der Waals surface area contributed by atoms with Gasteiger partial charge in [-0.3, -0.25) is 4.98 Å². The van der Waals surface area contributed by atoms with Crippen molar-refractivity contribution in [2.24, 2.45) is 0 Å². The highest BCUT2D eigenvalue weighted by molar-refractivity contribution is 7.90. The second-order valence-electron chi connectivity index (χ2n) is 5.82. The first-order valence-electron chi connectivity index (χ1n) is 7.48. The molecule has 0 atom stereocenters. The summed E-state index contributed by atoms with van der Waals surface area (Å²) in [6.45, 7) is 1.95. The van der Waals surface area contributed by atoms with E-state index in [9.17, 15) is 17.2 Å². The van der Waals surface area contributed by atoms with Crippen molar-refractivity contribution in [3.63, 3.8) is 0 Å². The van der Waals surface area contributed by atoms with Gasteiger partial charge in [0.2, 0.25) is 0 Å². The number of aromatic nitrogens is 1. The fourth-order valence-corrected chi connectivity index (χ4v) is 3.34. The van der Waals surface area contributed by atoms with Crippen molar-refractivity contribution < 1.29 is 17.2 Å². The van der Waals surface area contributed by atoms with Crippen LogP contribution in [-0.4, -0.2) is 19.7 Å². The number of halogens is 2. The quantitative estimate of drug-likeness (QED) is 0.696. The van der Waals surface area contributed by atoms with Crippen molar-refractivity contribution >= 4 is 9.84 Å². The van der Waals surface area contributed by atoms with Crippen LogP contribution in [0.5, 0.6) is 0 Å². The van der Waals surface area contributed by atoms with Crippen LogP contribution < -0.4 is 0 Å². The standard InChI is InChI=1S/C19H15F2NO2S/c1-12-3-5-13(6-4-12)14-7-8-22-11-16(14)15-9-18(21)19(10-17(15)20)25(2,23)24/h3-11H,1-2H3. The lowest BCUT2D eigenvalue weighted by molar-refractivity contribution is 0.557. The molecule has 0 spiro atoms. The number of hydrogen-bond acceptors (Lipinski definition) is 3. The highest BCUT2D eigenvalue weighted by Crippen LogP contribution is 2.34.